The molecule has 1 aromatic rings. The molecule has 1 heterocycles. The number of unbranched alkanes of at least 4 members (excludes halogenated alkanes) is 1. The maximum Gasteiger partial charge on any atom is 0.131 e. The van der Waals surface area contributed by atoms with Gasteiger partial charge in [-0.3, -0.25) is 0 Å². The molecule has 0 aliphatic rings. The second kappa shape index (κ2) is 7.06. The summed E-state index contributed by atoms with van der Waals surface area (Å²) in [5, 5.41) is 3.23. The van der Waals surface area contributed by atoms with Crippen LogP contribution in [-0.2, 0) is 4.74 Å². The van der Waals surface area contributed by atoms with E-state index in [1.165, 1.54) is 0 Å². The van der Waals surface area contributed by atoms with E-state index in [1.807, 2.05) is 20.8 Å². The van der Waals surface area contributed by atoms with Gasteiger partial charge in [0.05, 0.1) is 6.10 Å². The fourth-order valence-electron chi connectivity index (χ4n) is 1.44. The Bertz CT molecular complexity index is 321. The number of hydrogen-bond acceptors (Lipinski definition) is 5. The molecule has 0 unspecified atom stereocenters. The van der Waals surface area contributed by atoms with E-state index in [2.05, 4.69) is 15.3 Å². The van der Waals surface area contributed by atoms with Crippen molar-refractivity contribution < 1.29 is 4.74 Å². The van der Waals surface area contributed by atoms with Crippen LogP contribution < -0.4 is 11.1 Å². The molecule has 5 heteroatoms. The lowest BCUT2D eigenvalue weighted by atomic mass is 10.3. The van der Waals surface area contributed by atoms with Crippen molar-refractivity contribution in [2.75, 3.05) is 24.2 Å². The zero-order chi connectivity index (χ0) is 12.7. The van der Waals surface area contributed by atoms with E-state index in [-0.39, 0.29) is 0 Å². The molecule has 0 amide bonds. The topological polar surface area (TPSA) is 73.1 Å². The number of hydrogen-bond donors (Lipinski definition) is 2. The van der Waals surface area contributed by atoms with Gasteiger partial charge in [0.1, 0.15) is 17.5 Å². The van der Waals surface area contributed by atoms with Crippen LogP contribution >= 0.6 is 0 Å². The summed E-state index contributed by atoms with van der Waals surface area (Å²) in [6.07, 6.45) is 2.41. The van der Waals surface area contributed by atoms with Gasteiger partial charge in [-0.25, -0.2) is 9.97 Å². The van der Waals surface area contributed by atoms with Crippen LogP contribution in [-0.4, -0.2) is 29.2 Å². The van der Waals surface area contributed by atoms with Crippen LogP contribution in [0.4, 0.5) is 11.6 Å². The van der Waals surface area contributed by atoms with Gasteiger partial charge in [0, 0.05) is 19.2 Å². The lowest BCUT2D eigenvalue weighted by Gasteiger charge is -2.08. The van der Waals surface area contributed by atoms with Gasteiger partial charge in [-0.05, 0) is 33.6 Å². The van der Waals surface area contributed by atoms with Crippen molar-refractivity contribution in [3.05, 3.63) is 11.9 Å². The molecule has 17 heavy (non-hydrogen) atoms. The van der Waals surface area contributed by atoms with Gasteiger partial charge in [-0.15, -0.1) is 0 Å². The molecular weight excluding hydrogens is 216 g/mol. The quantitative estimate of drug-likeness (QED) is 0.711. The summed E-state index contributed by atoms with van der Waals surface area (Å²) in [6.45, 7) is 7.61. The Morgan fingerprint density at radius 2 is 2.12 bits per heavy atom. The zero-order valence-electron chi connectivity index (χ0n) is 10.9. The minimum atomic E-state index is 0.312. The van der Waals surface area contributed by atoms with Crippen LogP contribution in [0.5, 0.6) is 0 Å². The zero-order valence-corrected chi connectivity index (χ0v) is 10.9. The molecular formula is C12H22N4O. The van der Waals surface area contributed by atoms with Crippen LogP contribution in [0.15, 0.2) is 6.07 Å². The van der Waals surface area contributed by atoms with Gasteiger partial charge in [-0.2, -0.15) is 0 Å². The summed E-state index contributed by atoms with van der Waals surface area (Å²) in [4.78, 5) is 8.26. The molecule has 0 saturated carbocycles. The van der Waals surface area contributed by atoms with E-state index >= 15 is 0 Å². The molecule has 0 aliphatic carbocycles. The molecule has 96 valence electrons. The molecule has 3 N–H and O–H groups in total. The van der Waals surface area contributed by atoms with Crippen LogP contribution in [0.1, 0.15) is 32.5 Å². The SMILES string of the molecule is Cc1nc(N)cc(NCCCCOC(C)C)n1. The first kappa shape index (κ1) is 13.7. The average Bonchev–Trinajstić information content (AvgIpc) is 2.21. The van der Waals surface area contributed by atoms with E-state index < -0.39 is 0 Å². The summed E-state index contributed by atoms with van der Waals surface area (Å²) >= 11 is 0. The third kappa shape index (κ3) is 6.06. The number of nitrogen functional groups attached to an aromatic ring is 1. The summed E-state index contributed by atoms with van der Waals surface area (Å²) in [7, 11) is 0. The summed E-state index contributed by atoms with van der Waals surface area (Å²) in [5.74, 6) is 1.98. The second-order valence-electron chi connectivity index (χ2n) is 4.28. The number of nitrogens with two attached hydrogens (primary N) is 1. The van der Waals surface area contributed by atoms with Crippen molar-refractivity contribution in [1.82, 2.24) is 9.97 Å². The number of aromatic nitrogens is 2. The number of ether oxygens (including phenoxy) is 1. The highest BCUT2D eigenvalue weighted by atomic mass is 16.5. The van der Waals surface area contributed by atoms with E-state index in [1.54, 1.807) is 6.07 Å². The van der Waals surface area contributed by atoms with E-state index in [4.69, 9.17) is 10.5 Å². The molecule has 5 nitrogen and oxygen atoms in total. The van der Waals surface area contributed by atoms with Crippen molar-refractivity contribution in [2.24, 2.45) is 0 Å². The highest BCUT2D eigenvalue weighted by Gasteiger charge is 1.98. The molecule has 0 saturated heterocycles. The van der Waals surface area contributed by atoms with Gasteiger partial charge in [0.15, 0.2) is 0 Å². The number of anilines is 2. The Hall–Kier alpha value is -1.36. The molecule has 0 aromatic carbocycles. The van der Waals surface area contributed by atoms with Crippen LogP contribution in [0.3, 0.4) is 0 Å². The average molecular weight is 238 g/mol. The standard InChI is InChI=1S/C12H22N4O/c1-9(2)17-7-5-4-6-14-12-8-11(13)15-10(3)16-12/h8-9H,4-7H2,1-3H3,(H3,13,14,15,16). The monoisotopic (exact) mass is 238 g/mol. The Labute approximate surface area is 103 Å². The molecule has 1 aromatic heterocycles. The minimum absolute atomic E-state index is 0.312. The van der Waals surface area contributed by atoms with Crippen LogP contribution in [0, 0.1) is 6.92 Å². The maximum atomic E-state index is 5.63. The van der Waals surface area contributed by atoms with Gasteiger partial charge in [0.25, 0.3) is 0 Å². The third-order valence-corrected chi connectivity index (χ3v) is 2.19. The summed E-state index contributed by atoms with van der Waals surface area (Å²) in [6, 6.07) is 1.75. The number of nitrogens with zero attached hydrogens (tertiary/aromatic N) is 2. The Balaban J connectivity index is 2.18. The van der Waals surface area contributed by atoms with Crippen molar-refractivity contribution >= 4 is 11.6 Å². The van der Waals surface area contributed by atoms with Crippen molar-refractivity contribution in [3.8, 4) is 0 Å². The predicted octanol–water partition coefficient (Wildman–Crippen LogP) is 1.98. The third-order valence-electron chi connectivity index (χ3n) is 2.19. The van der Waals surface area contributed by atoms with Crippen LogP contribution in [0.2, 0.25) is 0 Å². The second-order valence-corrected chi connectivity index (χ2v) is 4.28. The molecule has 0 bridgehead atoms. The van der Waals surface area contributed by atoms with Gasteiger partial charge in [-0.1, -0.05) is 0 Å². The largest absolute Gasteiger partial charge is 0.384 e. The normalized spacial score (nSPS) is 10.8. The van der Waals surface area contributed by atoms with E-state index in [9.17, 15) is 0 Å². The molecule has 0 fully saturated rings. The van der Waals surface area contributed by atoms with Gasteiger partial charge in [0.2, 0.25) is 0 Å². The number of rotatable bonds is 7. The first-order chi connectivity index (χ1) is 8.08. The smallest absolute Gasteiger partial charge is 0.131 e. The maximum absolute atomic E-state index is 5.63. The molecule has 0 radical (unpaired) electrons. The summed E-state index contributed by atoms with van der Waals surface area (Å²) in [5.41, 5.74) is 5.63. The summed E-state index contributed by atoms with van der Waals surface area (Å²) < 4.78 is 5.46. The number of nitrogens with one attached hydrogen (secondary N) is 1. The van der Waals surface area contributed by atoms with Crippen molar-refractivity contribution in [3.63, 3.8) is 0 Å². The Morgan fingerprint density at radius 3 is 2.76 bits per heavy atom. The fourth-order valence-corrected chi connectivity index (χ4v) is 1.44. The highest BCUT2D eigenvalue weighted by Crippen LogP contribution is 2.07. The first-order valence-electron chi connectivity index (χ1n) is 6.04. The van der Waals surface area contributed by atoms with Crippen molar-refractivity contribution in [1.29, 1.82) is 0 Å². The molecule has 1 rings (SSSR count). The molecule has 0 aliphatic heterocycles. The first-order valence-corrected chi connectivity index (χ1v) is 6.04. The Morgan fingerprint density at radius 1 is 1.35 bits per heavy atom. The molecule has 0 spiro atoms. The molecule has 0 atom stereocenters. The lowest BCUT2D eigenvalue weighted by molar-refractivity contribution is 0.0765. The number of aryl methyl sites for hydroxylation is 1. The predicted molar refractivity (Wildman–Crippen MR) is 70.0 cm³/mol. The van der Waals surface area contributed by atoms with Crippen molar-refractivity contribution in [2.45, 2.75) is 39.7 Å². The Kier molecular flexibility index (Phi) is 5.69. The lowest BCUT2D eigenvalue weighted by Crippen LogP contribution is -2.08. The van der Waals surface area contributed by atoms with Crippen LogP contribution in [0.25, 0.3) is 0 Å². The van der Waals surface area contributed by atoms with E-state index in [0.717, 1.165) is 31.8 Å². The van der Waals surface area contributed by atoms with E-state index in [0.29, 0.717) is 17.7 Å². The van der Waals surface area contributed by atoms with Gasteiger partial charge < -0.3 is 15.8 Å². The minimum Gasteiger partial charge on any atom is -0.384 e. The van der Waals surface area contributed by atoms with Gasteiger partial charge >= 0.3 is 0 Å². The highest BCUT2D eigenvalue weighted by molar-refractivity contribution is 5.44. The fraction of sp³-hybridized carbons (Fsp3) is 0.667.